The zero-order valence-electron chi connectivity index (χ0n) is 16.2. The summed E-state index contributed by atoms with van der Waals surface area (Å²) in [6.45, 7) is 4.03. The number of anilines is 1. The highest BCUT2D eigenvalue weighted by Gasteiger charge is 2.32. The summed E-state index contributed by atoms with van der Waals surface area (Å²) in [6, 6.07) is 14.1. The summed E-state index contributed by atoms with van der Waals surface area (Å²) in [6.07, 6.45) is 1.45. The van der Waals surface area contributed by atoms with E-state index in [-0.39, 0.29) is 5.91 Å². The lowest BCUT2D eigenvalue weighted by atomic mass is 10.1. The first-order valence-corrected chi connectivity index (χ1v) is 12.2. The van der Waals surface area contributed by atoms with Crippen molar-refractivity contribution in [2.75, 3.05) is 22.9 Å². The number of carbonyl (C=O) groups excluding carboxylic acids is 1. The number of nitrogens with one attached hydrogen (secondary N) is 1. The molecule has 1 amide bonds. The van der Waals surface area contributed by atoms with Gasteiger partial charge in [0.25, 0.3) is 0 Å². The van der Waals surface area contributed by atoms with Gasteiger partial charge in [-0.2, -0.15) is 0 Å². The molecule has 0 aliphatic rings. The van der Waals surface area contributed by atoms with Gasteiger partial charge in [-0.3, -0.25) is 9.10 Å². The van der Waals surface area contributed by atoms with Gasteiger partial charge >= 0.3 is 0 Å². The van der Waals surface area contributed by atoms with Crippen LogP contribution in [0.4, 0.5) is 5.69 Å². The summed E-state index contributed by atoms with van der Waals surface area (Å²) >= 11 is 7.71. The molecule has 5 nitrogen and oxygen atoms in total. The molecule has 8 heteroatoms. The van der Waals surface area contributed by atoms with Crippen LogP contribution in [0.3, 0.4) is 0 Å². The fourth-order valence-electron chi connectivity index (χ4n) is 2.83. The van der Waals surface area contributed by atoms with E-state index < -0.39 is 16.1 Å². The molecule has 0 radical (unpaired) electrons. The van der Waals surface area contributed by atoms with Gasteiger partial charge < -0.3 is 5.32 Å². The molecule has 0 aliphatic heterocycles. The van der Waals surface area contributed by atoms with Crippen molar-refractivity contribution in [2.24, 2.45) is 0 Å². The molecule has 0 aromatic heterocycles. The standard InChI is InChI=1S/C20H25ClN2O3S2/c1-4-18(20(24)22-12-13-27-17-8-6-5-7-9-17)23(28(3,25)26)19-14-16(21)11-10-15(19)2/h5-11,14,18H,4,12-13H2,1-3H3,(H,22,24)/t18-/m0/s1. The van der Waals surface area contributed by atoms with Crippen molar-refractivity contribution in [1.29, 1.82) is 0 Å². The Balaban J connectivity index is 2.12. The summed E-state index contributed by atoms with van der Waals surface area (Å²) in [7, 11) is -3.68. The van der Waals surface area contributed by atoms with Crippen LogP contribution in [-0.2, 0) is 14.8 Å². The third kappa shape index (κ3) is 6.15. The van der Waals surface area contributed by atoms with E-state index >= 15 is 0 Å². The van der Waals surface area contributed by atoms with Crippen LogP contribution in [0.15, 0.2) is 53.4 Å². The van der Waals surface area contributed by atoms with Gasteiger partial charge in [-0.1, -0.05) is 42.8 Å². The minimum absolute atomic E-state index is 0.319. The Morgan fingerprint density at radius 1 is 1.21 bits per heavy atom. The number of carbonyl (C=O) groups is 1. The van der Waals surface area contributed by atoms with Crippen molar-refractivity contribution in [2.45, 2.75) is 31.2 Å². The monoisotopic (exact) mass is 440 g/mol. The molecule has 1 atom stereocenters. The minimum Gasteiger partial charge on any atom is -0.353 e. The number of amides is 1. The topological polar surface area (TPSA) is 66.5 Å². The van der Waals surface area contributed by atoms with Crippen LogP contribution in [0, 0.1) is 6.92 Å². The Morgan fingerprint density at radius 2 is 1.89 bits per heavy atom. The number of hydrogen-bond acceptors (Lipinski definition) is 4. The normalized spacial score (nSPS) is 12.4. The lowest BCUT2D eigenvalue weighted by molar-refractivity contribution is -0.122. The van der Waals surface area contributed by atoms with Crippen LogP contribution in [0.5, 0.6) is 0 Å². The first-order chi connectivity index (χ1) is 13.2. The molecule has 0 bridgehead atoms. The molecule has 2 aromatic carbocycles. The predicted molar refractivity (Wildman–Crippen MR) is 118 cm³/mol. The Kier molecular flexibility index (Phi) is 8.22. The summed E-state index contributed by atoms with van der Waals surface area (Å²) in [5, 5.41) is 3.28. The molecule has 152 valence electrons. The van der Waals surface area contributed by atoms with E-state index in [0.29, 0.717) is 29.4 Å². The maximum Gasteiger partial charge on any atom is 0.243 e. The van der Waals surface area contributed by atoms with E-state index in [2.05, 4.69) is 5.32 Å². The number of sulfonamides is 1. The number of rotatable bonds is 9. The largest absolute Gasteiger partial charge is 0.353 e. The number of benzene rings is 2. The molecular weight excluding hydrogens is 416 g/mol. The maximum atomic E-state index is 12.8. The van der Waals surface area contributed by atoms with Gasteiger partial charge in [0, 0.05) is 22.2 Å². The smallest absolute Gasteiger partial charge is 0.243 e. The highest BCUT2D eigenvalue weighted by atomic mass is 35.5. The van der Waals surface area contributed by atoms with Crippen molar-refractivity contribution in [3.8, 4) is 0 Å². The van der Waals surface area contributed by atoms with Crippen LogP contribution in [0.25, 0.3) is 0 Å². The van der Waals surface area contributed by atoms with Gasteiger partial charge in [-0.05, 0) is 43.2 Å². The fraction of sp³-hybridized carbons (Fsp3) is 0.350. The van der Waals surface area contributed by atoms with Gasteiger partial charge in [0.1, 0.15) is 6.04 Å². The lowest BCUT2D eigenvalue weighted by Gasteiger charge is -2.31. The second kappa shape index (κ2) is 10.2. The van der Waals surface area contributed by atoms with Crippen LogP contribution in [0.2, 0.25) is 5.02 Å². The molecule has 0 saturated carbocycles. The van der Waals surface area contributed by atoms with Crippen LogP contribution in [0.1, 0.15) is 18.9 Å². The summed E-state index contributed by atoms with van der Waals surface area (Å²) in [5.41, 5.74) is 1.16. The first-order valence-electron chi connectivity index (χ1n) is 8.95. The van der Waals surface area contributed by atoms with Crippen molar-refractivity contribution in [1.82, 2.24) is 5.32 Å². The zero-order chi connectivity index (χ0) is 20.7. The van der Waals surface area contributed by atoms with Gasteiger partial charge in [-0.15, -0.1) is 11.8 Å². The van der Waals surface area contributed by atoms with E-state index in [1.54, 1.807) is 43.8 Å². The number of hydrogen-bond donors (Lipinski definition) is 1. The molecule has 1 N–H and O–H groups in total. The summed E-state index contributed by atoms with van der Waals surface area (Å²) < 4.78 is 26.2. The predicted octanol–water partition coefficient (Wildman–Crippen LogP) is 4.10. The molecule has 2 aromatic rings. The van der Waals surface area contributed by atoms with Gasteiger partial charge in [0.2, 0.25) is 15.9 Å². The third-order valence-electron chi connectivity index (χ3n) is 4.15. The fourth-order valence-corrected chi connectivity index (χ4v) is 5.05. The van der Waals surface area contributed by atoms with Gasteiger partial charge in [0.05, 0.1) is 11.9 Å². The Hall–Kier alpha value is -1.70. The molecule has 0 aliphatic carbocycles. The van der Waals surface area contributed by atoms with Crippen LogP contribution < -0.4 is 9.62 Å². The molecular formula is C20H25ClN2O3S2. The number of aryl methyl sites for hydroxylation is 1. The van der Waals surface area contributed by atoms with E-state index in [9.17, 15) is 13.2 Å². The van der Waals surface area contributed by atoms with E-state index in [1.807, 2.05) is 30.3 Å². The quantitative estimate of drug-likeness (QED) is 0.471. The molecule has 2 rings (SSSR count). The number of halogens is 1. The van der Waals surface area contributed by atoms with E-state index in [1.165, 1.54) is 4.31 Å². The van der Waals surface area contributed by atoms with Crippen molar-refractivity contribution >= 4 is 45.0 Å². The van der Waals surface area contributed by atoms with Crippen molar-refractivity contribution in [3.63, 3.8) is 0 Å². The number of nitrogens with zero attached hydrogens (tertiary/aromatic N) is 1. The molecule has 0 saturated heterocycles. The van der Waals surface area contributed by atoms with Crippen molar-refractivity contribution in [3.05, 3.63) is 59.1 Å². The molecule has 28 heavy (non-hydrogen) atoms. The minimum atomic E-state index is -3.68. The SMILES string of the molecule is CC[C@@H](C(=O)NCCSc1ccccc1)N(c1cc(Cl)ccc1C)S(C)(=O)=O. The van der Waals surface area contributed by atoms with E-state index in [4.69, 9.17) is 11.6 Å². The first kappa shape index (κ1) is 22.6. The third-order valence-corrected chi connectivity index (χ3v) is 6.57. The van der Waals surface area contributed by atoms with E-state index in [0.717, 1.165) is 16.7 Å². The lowest BCUT2D eigenvalue weighted by Crippen LogP contribution is -2.50. The van der Waals surface area contributed by atoms with Crippen LogP contribution in [-0.4, -0.2) is 38.9 Å². The highest BCUT2D eigenvalue weighted by molar-refractivity contribution is 7.99. The second-order valence-electron chi connectivity index (χ2n) is 6.37. The molecule has 0 unspecified atom stereocenters. The van der Waals surface area contributed by atoms with Gasteiger partial charge in [-0.25, -0.2) is 8.42 Å². The van der Waals surface area contributed by atoms with Crippen LogP contribution >= 0.6 is 23.4 Å². The highest BCUT2D eigenvalue weighted by Crippen LogP contribution is 2.29. The Bertz CT molecular complexity index is 905. The number of thioether (sulfide) groups is 1. The zero-order valence-corrected chi connectivity index (χ0v) is 18.6. The Labute approximate surface area is 176 Å². The molecule has 0 heterocycles. The molecule has 0 spiro atoms. The Morgan fingerprint density at radius 3 is 2.50 bits per heavy atom. The summed E-state index contributed by atoms with van der Waals surface area (Å²) in [4.78, 5) is 13.9. The second-order valence-corrected chi connectivity index (χ2v) is 9.83. The maximum absolute atomic E-state index is 12.8. The average molecular weight is 441 g/mol. The average Bonchev–Trinajstić information content (AvgIpc) is 2.65. The molecule has 0 fully saturated rings. The summed E-state index contributed by atoms with van der Waals surface area (Å²) in [5.74, 6) is 0.377. The van der Waals surface area contributed by atoms with Gasteiger partial charge in [0.15, 0.2) is 0 Å². The van der Waals surface area contributed by atoms with Crippen molar-refractivity contribution < 1.29 is 13.2 Å².